The maximum atomic E-state index is 5.76. The Kier molecular flexibility index (Phi) is 7.42. The van der Waals surface area contributed by atoms with Crippen molar-refractivity contribution in [2.24, 2.45) is 11.8 Å². The van der Waals surface area contributed by atoms with Gasteiger partial charge in [-0.15, -0.1) is 0 Å². The zero-order chi connectivity index (χ0) is 24.3. The molecule has 0 radical (unpaired) electrons. The molecule has 1 saturated carbocycles. The van der Waals surface area contributed by atoms with E-state index in [1.807, 2.05) is 0 Å². The van der Waals surface area contributed by atoms with Crippen LogP contribution < -0.4 is 20.4 Å². The third-order valence-electron chi connectivity index (χ3n) is 8.08. The molecule has 2 aromatic rings. The fraction of sp³-hybridized carbons (Fsp3) is 0.607. The molecule has 2 atom stereocenters. The zero-order valence-corrected chi connectivity index (χ0v) is 22.1. The van der Waals surface area contributed by atoms with E-state index in [9.17, 15) is 0 Å². The highest BCUT2D eigenvalue weighted by Crippen LogP contribution is 2.40. The Morgan fingerprint density at radius 2 is 1.57 bits per heavy atom. The van der Waals surface area contributed by atoms with Crippen molar-refractivity contribution in [2.75, 3.05) is 47.8 Å². The van der Waals surface area contributed by atoms with Crippen LogP contribution in [0.4, 0.5) is 17.6 Å². The molecule has 2 aliphatic heterocycles. The second-order valence-corrected chi connectivity index (χ2v) is 11.5. The minimum atomic E-state index is 0.149. The van der Waals surface area contributed by atoms with Crippen molar-refractivity contribution in [1.29, 1.82) is 0 Å². The van der Waals surface area contributed by atoms with Gasteiger partial charge in [0, 0.05) is 44.2 Å². The van der Waals surface area contributed by atoms with Crippen LogP contribution in [0, 0.1) is 11.8 Å². The molecule has 188 valence electrons. The van der Waals surface area contributed by atoms with Gasteiger partial charge >= 0.3 is 0 Å². The molecular weight excluding hydrogens is 452 g/mol. The van der Waals surface area contributed by atoms with Gasteiger partial charge in [0.2, 0.25) is 5.95 Å². The molecular formula is C28H40N6S. The van der Waals surface area contributed by atoms with Crippen LogP contribution in [-0.4, -0.2) is 47.8 Å². The van der Waals surface area contributed by atoms with Gasteiger partial charge in [-0.05, 0) is 61.7 Å². The summed E-state index contributed by atoms with van der Waals surface area (Å²) in [6, 6.07) is 13.1. The molecule has 2 saturated heterocycles. The first kappa shape index (κ1) is 24.3. The molecule has 3 aliphatic rings. The highest BCUT2D eigenvalue weighted by atomic mass is 32.1. The van der Waals surface area contributed by atoms with Crippen molar-refractivity contribution in [3.8, 4) is 0 Å². The molecule has 35 heavy (non-hydrogen) atoms. The second-order valence-electron chi connectivity index (χ2n) is 11.1. The van der Waals surface area contributed by atoms with Crippen LogP contribution >= 0.6 is 12.2 Å². The highest BCUT2D eigenvalue weighted by molar-refractivity contribution is 7.80. The summed E-state index contributed by atoms with van der Waals surface area (Å²) in [7, 11) is 0. The van der Waals surface area contributed by atoms with Crippen LogP contribution in [-0.2, 0) is 5.41 Å². The van der Waals surface area contributed by atoms with Gasteiger partial charge in [-0.1, -0.05) is 57.0 Å². The average molecular weight is 493 g/mol. The molecule has 0 unspecified atom stereocenters. The van der Waals surface area contributed by atoms with Crippen LogP contribution in [0.5, 0.6) is 0 Å². The van der Waals surface area contributed by atoms with Crippen LogP contribution in [0.2, 0.25) is 0 Å². The number of rotatable bonds is 6. The Morgan fingerprint density at radius 1 is 0.943 bits per heavy atom. The SMILES string of the molecule is C[C@@H]1C[C@@H](C)CN(c2cc(N3CCCC3)nc(NC(=S)NCC3(c4ccccc4)CCCC3)n2)C1. The van der Waals surface area contributed by atoms with Gasteiger partial charge < -0.3 is 20.4 Å². The normalized spacial score (nSPS) is 23.9. The van der Waals surface area contributed by atoms with Crippen molar-refractivity contribution in [3.05, 3.63) is 42.0 Å². The summed E-state index contributed by atoms with van der Waals surface area (Å²) >= 11 is 5.76. The predicted octanol–water partition coefficient (Wildman–Crippen LogP) is 5.36. The van der Waals surface area contributed by atoms with Crippen LogP contribution in [0.15, 0.2) is 36.4 Å². The van der Waals surface area contributed by atoms with E-state index in [1.165, 1.54) is 50.5 Å². The molecule has 0 amide bonds. The largest absolute Gasteiger partial charge is 0.361 e. The van der Waals surface area contributed by atoms with Gasteiger partial charge in [-0.3, -0.25) is 0 Å². The third-order valence-corrected chi connectivity index (χ3v) is 8.33. The molecule has 0 spiro atoms. The average Bonchev–Trinajstić information content (AvgIpc) is 3.56. The van der Waals surface area contributed by atoms with Crippen molar-refractivity contribution in [1.82, 2.24) is 15.3 Å². The Morgan fingerprint density at radius 3 is 2.23 bits per heavy atom. The quantitative estimate of drug-likeness (QED) is 0.527. The Balaban J connectivity index is 1.32. The van der Waals surface area contributed by atoms with E-state index < -0.39 is 0 Å². The summed E-state index contributed by atoms with van der Waals surface area (Å²) < 4.78 is 0. The first-order valence-corrected chi connectivity index (χ1v) is 13.9. The number of thiocarbonyl (C=S) groups is 1. The smallest absolute Gasteiger partial charge is 0.232 e. The lowest BCUT2D eigenvalue weighted by Crippen LogP contribution is -2.41. The summed E-state index contributed by atoms with van der Waals surface area (Å²) in [6.45, 7) is 9.73. The summed E-state index contributed by atoms with van der Waals surface area (Å²) in [5, 5.41) is 7.48. The Bertz CT molecular complexity index is 990. The van der Waals surface area contributed by atoms with E-state index in [0.717, 1.165) is 44.4 Å². The number of nitrogens with zero attached hydrogens (tertiary/aromatic N) is 4. The fourth-order valence-corrected chi connectivity index (χ4v) is 6.57. The third kappa shape index (κ3) is 5.71. The molecule has 7 heteroatoms. The number of aromatic nitrogens is 2. The minimum Gasteiger partial charge on any atom is -0.361 e. The molecule has 3 fully saturated rings. The lowest BCUT2D eigenvalue weighted by Gasteiger charge is -2.36. The van der Waals surface area contributed by atoms with Crippen LogP contribution in [0.25, 0.3) is 0 Å². The molecule has 1 aromatic carbocycles. The van der Waals surface area contributed by atoms with Gasteiger partial charge in [-0.25, -0.2) is 0 Å². The van der Waals surface area contributed by atoms with Gasteiger partial charge in [0.05, 0.1) is 0 Å². The van der Waals surface area contributed by atoms with Gasteiger partial charge in [0.1, 0.15) is 11.6 Å². The van der Waals surface area contributed by atoms with E-state index in [-0.39, 0.29) is 5.41 Å². The Hall–Kier alpha value is -2.41. The lowest BCUT2D eigenvalue weighted by molar-refractivity contribution is 0.355. The van der Waals surface area contributed by atoms with E-state index in [4.69, 9.17) is 22.2 Å². The standard InChI is InChI=1S/C28H40N6S/c1-21-16-22(2)19-34(18-21)25-17-24(33-14-8-9-15-33)30-26(31-25)32-27(35)29-20-28(12-6-7-13-28)23-10-4-3-5-11-23/h3-5,10-11,17,21-22H,6-9,12-16,18-20H2,1-2H3,(H2,29,30,31,32,35)/t21-,22-/m1/s1. The lowest BCUT2D eigenvalue weighted by atomic mass is 9.79. The topological polar surface area (TPSA) is 56.3 Å². The predicted molar refractivity (Wildman–Crippen MR) is 149 cm³/mol. The monoisotopic (exact) mass is 492 g/mol. The van der Waals surface area contributed by atoms with E-state index >= 15 is 0 Å². The number of hydrogen-bond acceptors (Lipinski definition) is 5. The van der Waals surface area contributed by atoms with Gasteiger partial charge in [-0.2, -0.15) is 9.97 Å². The van der Waals surface area contributed by atoms with Gasteiger partial charge in [0.15, 0.2) is 5.11 Å². The zero-order valence-electron chi connectivity index (χ0n) is 21.3. The molecule has 0 bridgehead atoms. The maximum absolute atomic E-state index is 5.76. The highest BCUT2D eigenvalue weighted by Gasteiger charge is 2.35. The minimum absolute atomic E-state index is 0.149. The number of nitrogens with one attached hydrogen (secondary N) is 2. The molecule has 2 N–H and O–H groups in total. The number of piperidine rings is 1. The van der Waals surface area contributed by atoms with E-state index in [0.29, 0.717) is 22.9 Å². The second kappa shape index (κ2) is 10.7. The summed E-state index contributed by atoms with van der Waals surface area (Å²) in [5.74, 6) is 3.97. The van der Waals surface area contributed by atoms with Gasteiger partial charge in [0.25, 0.3) is 0 Å². The molecule has 3 heterocycles. The number of anilines is 3. The molecule has 6 nitrogen and oxygen atoms in total. The van der Waals surface area contributed by atoms with Crippen molar-refractivity contribution >= 4 is 34.9 Å². The van der Waals surface area contributed by atoms with Crippen LogP contribution in [0.3, 0.4) is 0 Å². The summed E-state index contributed by atoms with van der Waals surface area (Å²) in [6.07, 6.45) is 8.67. The van der Waals surface area contributed by atoms with Crippen molar-refractivity contribution in [2.45, 2.75) is 64.2 Å². The molecule has 1 aromatic heterocycles. The first-order valence-electron chi connectivity index (χ1n) is 13.5. The number of hydrogen-bond donors (Lipinski definition) is 2. The van der Waals surface area contributed by atoms with Crippen molar-refractivity contribution < 1.29 is 0 Å². The summed E-state index contributed by atoms with van der Waals surface area (Å²) in [4.78, 5) is 14.7. The Labute approximate surface area is 215 Å². The van der Waals surface area contributed by atoms with Crippen molar-refractivity contribution in [3.63, 3.8) is 0 Å². The molecule has 1 aliphatic carbocycles. The maximum Gasteiger partial charge on any atom is 0.232 e. The van der Waals surface area contributed by atoms with E-state index in [1.54, 1.807) is 0 Å². The first-order chi connectivity index (χ1) is 17.0. The summed E-state index contributed by atoms with van der Waals surface area (Å²) in [5.41, 5.74) is 1.56. The molecule has 5 rings (SSSR count). The number of benzene rings is 1. The van der Waals surface area contributed by atoms with E-state index in [2.05, 4.69) is 70.7 Å². The van der Waals surface area contributed by atoms with Crippen LogP contribution in [0.1, 0.15) is 64.4 Å². The fourth-order valence-electron chi connectivity index (χ4n) is 6.40.